The van der Waals surface area contributed by atoms with Gasteiger partial charge in [-0.15, -0.1) is 15.3 Å². The van der Waals surface area contributed by atoms with Gasteiger partial charge in [-0.3, -0.25) is 19.8 Å². The maximum atomic E-state index is 12.5. The first kappa shape index (κ1) is 34.7. The smallest absolute Gasteiger partial charge is 0.871 e. The van der Waals surface area contributed by atoms with Crippen LogP contribution in [-0.2, 0) is 17.1 Å². The normalized spacial score (nSPS) is 11.0. The summed E-state index contributed by atoms with van der Waals surface area (Å²) in [6, 6.07) is 26.9. The number of rotatable bonds is 6. The molecule has 0 aliphatic heterocycles. The Hall–Kier alpha value is -5.20. The van der Waals surface area contributed by atoms with E-state index in [2.05, 4.69) is 30.7 Å². The van der Waals surface area contributed by atoms with Gasteiger partial charge < -0.3 is 10.2 Å². The van der Waals surface area contributed by atoms with Crippen molar-refractivity contribution in [3.05, 3.63) is 139 Å². The second-order valence-electron chi connectivity index (χ2n) is 9.77. The van der Waals surface area contributed by atoms with E-state index in [0.717, 1.165) is 0 Å². The van der Waals surface area contributed by atoms with Crippen LogP contribution in [0.15, 0.2) is 127 Å². The predicted octanol–water partition coefficient (Wildman–Crippen LogP) is 7.86. The molecule has 0 saturated heterocycles. The number of hydrogen-bond donors (Lipinski definition) is 3. The van der Waals surface area contributed by atoms with Crippen molar-refractivity contribution in [2.45, 2.75) is 13.8 Å². The third kappa shape index (κ3) is 8.15. The number of benzene rings is 4. The minimum Gasteiger partial charge on any atom is -0.871 e. The van der Waals surface area contributed by atoms with E-state index in [0.29, 0.717) is 32.8 Å². The summed E-state index contributed by atoms with van der Waals surface area (Å²) in [7, 11) is 0. The largest absolute Gasteiger partial charge is 3.00 e. The maximum absolute atomic E-state index is 12.5. The number of phenolic OH excluding ortho intramolecular Hbond substituents is 1. The van der Waals surface area contributed by atoms with Crippen molar-refractivity contribution in [3.8, 4) is 22.9 Å². The summed E-state index contributed by atoms with van der Waals surface area (Å²) in [5, 5.41) is 43.8. The number of aromatic amines is 2. The maximum Gasteiger partial charge on any atom is 3.00 e. The average molecular weight is 712 g/mol. The Morgan fingerprint density at radius 1 is 0.638 bits per heavy atom. The summed E-state index contributed by atoms with van der Waals surface area (Å²) < 4.78 is 2.77. The molecule has 4 aromatic carbocycles. The molecule has 6 aromatic rings. The van der Waals surface area contributed by atoms with Crippen molar-refractivity contribution >= 4 is 46.0 Å². The number of aryl methyl sites for hydroxylation is 2. The number of nitrogens with zero attached hydrogens (tertiary/aromatic N) is 6. The number of para-hydroxylation sites is 2. The zero-order valence-corrected chi connectivity index (χ0v) is 27.3. The molecule has 0 amide bonds. The van der Waals surface area contributed by atoms with Crippen LogP contribution < -0.4 is 16.2 Å². The average Bonchev–Trinajstić information content (AvgIpc) is 3.51. The van der Waals surface area contributed by atoms with Crippen molar-refractivity contribution in [1.29, 1.82) is 0 Å². The van der Waals surface area contributed by atoms with Gasteiger partial charge in [0.05, 0.1) is 28.5 Å². The van der Waals surface area contributed by atoms with Crippen LogP contribution in [-0.4, -0.2) is 24.7 Å². The van der Waals surface area contributed by atoms with Crippen LogP contribution in [0.25, 0.3) is 11.4 Å². The summed E-state index contributed by atoms with van der Waals surface area (Å²) in [5.74, 6) is -0.371. The fourth-order valence-electron chi connectivity index (χ4n) is 4.18. The van der Waals surface area contributed by atoms with Crippen molar-refractivity contribution in [2.75, 3.05) is 0 Å². The first-order chi connectivity index (χ1) is 22.1. The van der Waals surface area contributed by atoms with E-state index in [-0.39, 0.29) is 62.4 Å². The van der Waals surface area contributed by atoms with Gasteiger partial charge in [0.2, 0.25) is 0 Å². The van der Waals surface area contributed by atoms with Crippen LogP contribution in [0.5, 0.6) is 11.5 Å². The Morgan fingerprint density at radius 2 is 1.06 bits per heavy atom. The van der Waals surface area contributed by atoms with Gasteiger partial charge >= 0.3 is 17.1 Å². The van der Waals surface area contributed by atoms with Gasteiger partial charge in [0.15, 0.2) is 11.4 Å². The SMILES string of the molecule is Cc1[nH]n(-c2ccccc2)c(=O)c1N=Nc1cc(Cl)ccc1O.Cc1[nH]n(-c2ccccc2)c(=O)c1N=Nc1cc(Cl)ccc1[O-].[Fe+3]. The number of nitrogens with one attached hydrogen (secondary N) is 2. The molecule has 0 atom stereocenters. The van der Waals surface area contributed by atoms with Gasteiger partial charge in [-0.2, -0.15) is 5.11 Å². The molecule has 2 aromatic heterocycles. The number of aromatic hydroxyl groups is 1. The molecule has 6 rings (SSSR count). The molecule has 12 nitrogen and oxygen atoms in total. The van der Waals surface area contributed by atoms with Gasteiger partial charge in [0, 0.05) is 10.0 Å². The number of hydrogen-bond acceptors (Lipinski definition) is 8. The molecular weight excluding hydrogens is 687 g/mol. The Labute approximate surface area is 288 Å². The van der Waals surface area contributed by atoms with Crippen LogP contribution in [0.1, 0.15) is 11.4 Å². The number of azo groups is 2. The third-order valence-corrected chi connectivity index (χ3v) is 6.95. The van der Waals surface area contributed by atoms with Gasteiger partial charge in [-0.05, 0) is 68.4 Å². The quantitative estimate of drug-likeness (QED) is 0.118. The zero-order valence-electron chi connectivity index (χ0n) is 24.7. The summed E-state index contributed by atoms with van der Waals surface area (Å²) in [6.07, 6.45) is 0. The zero-order chi connectivity index (χ0) is 32.8. The molecule has 0 unspecified atom stereocenters. The van der Waals surface area contributed by atoms with E-state index in [9.17, 15) is 19.8 Å². The van der Waals surface area contributed by atoms with Crippen LogP contribution in [0.2, 0.25) is 10.0 Å². The summed E-state index contributed by atoms with van der Waals surface area (Å²) >= 11 is 11.7. The fourth-order valence-corrected chi connectivity index (χ4v) is 4.51. The molecule has 0 bridgehead atoms. The van der Waals surface area contributed by atoms with Gasteiger partial charge in [-0.25, -0.2) is 9.36 Å². The molecular formula is C32H25Cl2FeN8O4+2. The number of halogens is 2. The fraction of sp³-hybridized carbons (Fsp3) is 0.0625. The Balaban J connectivity index is 0.000000208. The predicted molar refractivity (Wildman–Crippen MR) is 175 cm³/mol. The summed E-state index contributed by atoms with van der Waals surface area (Å²) in [5.41, 5.74) is 2.46. The van der Waals surface area contributed by atoms with Crippen LogP contribution in [0.3, 0.4) is 0 Å². The van der Waals surface area contributed by atoms with Gasteiger partial charge in [0.25, 0.3) is 11.1 Å². The van der Waals surface area contributed by atoms with Crippen molar-refractivity contribution in [2.24, 2.45) is 20.5 Å². The first-order valence-corrected chi connectivity index (χ1v) is 14.4. The molecule has 2 heterocycles. The van der Waals surface area contributed by atoms with Crippen molar-refractivity contribution in [3.63, 3.8) is 0 Å². The second-order valence-corrected chi connectivity index (χ2v) is 10.6. The molecule has 1 radical (unpaired) electrons. The molecule has 15 heteroatoms. The van der Waals surface area contributed by atoms with Crippen molar-refractivity contribution in [1.82, 2.24) is 19.6 Å². The molecule has 47 heavy (non-hydrogen) atoms. The number of aromatic nitrogens is 4. The third-order valence-electron chi connectivity index (χ3n) is 6.48. The van der Waals surface area contributed by atoms with Gasteiger partial charge in [0.1, 0.15) is 11.4 Å². The van der Waals surface area contributed by atoms with E-state index >= 15 is 0 Å². The van der Waals surface area contributed by atoms with Crippen LogP contribution >= 0.6 is 23.2 Å². The van der Waals surface area contributed by atoms with Crippen molar-refractivity contribution < 1.29 is 27.3 Å². The number of H-pyrrole nitrogens is 2. The van der Waals surface area contributed by atoms with E-state index in [1.165, 1.54) is 39.7 Å². The first-order valence-electron chi connectivity index (χ1n) is 13.6. The van der Waals surface area contributed by atoms with Gasteiger partial charge in [-0.1, -0.05) is 71.4 Å². The molecule has 0 fully saturated rings. The minimum absolute atomic E-state index is 0. The van der Waals surface area contributed by atoms with E-state index < -0.39 is 0 Å². The Bertz CT molecular complexity index is 2020. The topological polar surface area (TPSA) is 168 Å². The Kier molecular flexibility index (Phi) is 11.4. The second kappa shape index (κ2) is 15.4. The summed E-state index contributed by atoms with van der Waals surface area (Å²) in [4.78, 5) is 24.9. The van der Waals surface area contributed by atoms with E-state index in [1.807, 2.05) is 36.4 Å². The Morgan fingerprint density at radius 3 is 1.55 bits per heavy atom. The monoisotopic (exact) mass is 711 g/mol. The van der Waals surface area contributed by atoms with E-state index in [4.69, 9.17) is 23.2 Å². The van der Waals surface area contributed by atoms with Crippen LogP contribution in [0, 0.1) is 13.8 Å². The molecule has 0 aliphatic rings. The molecule has 0 aliphatic carbocycles. The van der Waals surface area contributed by atoms with Crippen LogP contribution in [0.4, 0.5) is 22.7 Å². The molecule has 0 spiro atoms. The molecule has 237 valence electrons. The molecule has 0 saturated carbocycles. The molecule has 3 N–H and O–H groups in total. The summed E-state index contributed by atoms with van der Waals surface area (Å²) in [6.45, 7) is 3.44. The standard InChI is InChI=1S/2C16H13ClN4O2.Fe/c2*1-10-15(19-18-13-9-11(17)7-8-14(13)22)16(23)21(20-10)12-5-3-2-4-6-12;/h2*2-9,20,22H,1H3;/q;;+3/p-1. The number of phenols is 1. The van der Waals surface area contributed by atoms with E-state index in [1.54, 1.807) is 44.2 Å². The minimum atomic E-state index is -0.341.